The van der Waals surface area contributed by atoms with Crippen LogP contribution in [0.3, 0.4) is 0 Å². The maximum absolute atomic E-state index is 11.1. The van der Waals surface area contributed by atoms with E-state index in [4.69, 9.17) is 10.2 Å². The molecule has 0 spiro atoms. The van der Waals surface area contributed by atoms with E-state index in [1.54, 1.807) is 12.1 Å². The van der Waals surface area contributed by atoms with Crippen LogP contribution in [0.15, 0.2) is 48.5 Å². The fourth-order valence-corrected chi connectivity index (χ4v) is 2.41. The van der Waals surface area contributed by atoms with Gasteiger partial charge in [0.25, 0.3) is 0 Å². The molecule has 1 heterocycles. The normalized spacial score (nSPS) is 10.6. The highest BCUT2D eigenvalue weighted by molar-refractivity contribution is 5.91. The third kappa shape index (κ3) is 4.02. The Morgan fingerprint density at radius 3 is 2.72 bits per heavy atom. The molecule has 4 N–H and O–H groups in total. The van der Waals surface area contributed by atoms with Crippen molar-refractivity contribution in [2.75, 3.05) is 23.8 Å². The van der Waals surface area contributed by atoms with Gasteiger partial charge in [0.15, 0.2) is 0 Å². The zero-order valence-corrected chi connectivity index (χ0v) is 13.4. The van der Waals surface area contributed by atoms with Gasteiger partial charge in [-0.15, -0.1) is 0 Å². The number of aromatic nitrogens is 2. The van der Waals surface area contributed by atoms with Gasteiger partial charge < -0.3 is 20.8 Å². The Hall–Kier alpha value is -3.19. The predicted octanol–water partition coefficient (Wildman–Crippen LogP) is 2.87. The van der Waals surface area contributed by atoms with Gasteiger partial charge in [-0.25, -0.2) is 9.78 Å². The highest BCUT2D eigenvalue weighted by atomic mass is 16.4. The Morgan fingerprint density at radius 1 is 1.08 bits per heavy atom. The smallest absolute Gasteiger partial charge is 0.335 e. The molecule has 25 heavy (non-hydrogen) atoms. The summed E-state index contributed by atoms with van der Waals surface area (Å²) in [6.45, 7) is 0.689. The Balaban J connectivity index is 1.93. The molecule has 0 saturated carbocycles. The Morgan fingerprint density at radius 2 is 1.92 bits per heavy atom. The number of hydrogen-bond donors (Lipinski definition) is 4. The van der Waals surface area contributed by atoms with Crippen molar-refractivity contribution in [2.45, 2.75) is 6.42 Å². The van der Waals surface area contributed by atoms with Crippen molar-refractivity contribution in [1.82, 2.24) is 9.97 Å². The van der Waals surface area contributed by atoms with E-state index in [1.807, 2.05) is 24.3 Å². The highest BCUT2D eigenvalue weighted by Gasteiger charge is 2.09. The number of aliphatic hydroxyl groups excluding tert-OH is 1. The maximum Gasteiger partial charge on any atom is 0.335 e. The first kappa shape index (κ1) is 16.7. The number of nitrogens with one attached hydrogen (secondary N) is 2. The molecule has 0 aliphatic rings. The van der Waals surface area contributed by atoms with Crippen molar-refractivity contribution >= 4 is 34.3 Å². The molecule has 0 saturated heterocycles. The second-order valence-electron chi connectivity index (χ2n) is 5.43. The lowest BCUT2D eigenvalue weighted by Crippen LogP contribution is -2.08. The molecule has 7 heteroatoms. The van der Waals surface area contributed by atoms with Crippen LogP contribution < -0.4 is 10.6 Å². The van der Waals surface area contributed by atoms with E-state index in [-0.39, 0.29) is 12.2 Å². The number of rotatable bonds is 7. The minimum atomic E-state index is -0.991. The quantitative estimate of drug-likeness (QED) is 0.491. The second kappa shape index (κ2) is 7.59. The van der Waals surface area contributed by atoms with Gasteiger partial charge in [-0.05, 0) is 36.8 Å². The van der Waals surface area contributed by atoms with Crippen molar-refractivity contribution in [2.24, 2.45) is 0 Å². The van der Waals surface area contributed by atoms with Crippen LogP contribution in [0, 0.1) is 0 Å². The lowest BCUT2D eigenvalue weighted by atomic mass is 10.2. The van der Waals surface area contributed by atoms with Crippen LogP contribution >= 0.6 is 0 Å². The van der Waals surface area contributed by atoms with Crippen LogP contribution in [0.1, 0.15) is 16.8 Å². The molecule has 0 fully saturated rings. The Kier molecular flexibility index (Phi) is 5.06. The first-order valence-corrected chi connectivity index (χ1v) is 7.89. The van der Waals surface area contributed by atoms with Gasteiger partial charge in [0, 0.05) is 24.2 Å². The van der Waals surface area contributed by atoms with Gasteiger partial charge in [-0.2, -0.15) is 4.98 Å². The molecule has 0 aliphatic heterocycles. The van der Waals surface area contributed by atoms with E-state index in [9.17, 15) is 4.79 Å². The molecule has 1 aromatic heterocycles. The standard InChI is InChI=1S/C18H18N4O3/c23-10-4-9-19-16-14-7-1-2-8-15(14)21-18(22-16)20-13-6-3-5-12(11-13)17(24)25/h1-3,5-8,11,23H,4,9-10H2,(H,24,25)(H2,19,20,21,22). The maximum atomic E-state index is 11.1. The number of hydrogen-bond acceptors (Lipinski definition) is 6. The zero-order valence-electron chi connectivity index (χ0n) is 13.4. The molecule has 3 aromatic rings. The summed E-state index contributed by atoms with van der Waals surface area (Å²) in [5.74, 6) is 0.0399. The van der Waals surface area contributed by atoms with Crippen LogP contribution in [-0.4, -0.2) is 39.3 Å². The number of carboxylic acids is 1. The Labute approximate surface area is 144 Å². The highest BCUT2D eigenvalue weighted by Crippen LogP contribution is 2.24. The average molecular weight is 338 g/mol. The molecule has 0 unspecified atom stereocenters. The molecule has 0 aliphatic carbocycles. The lowest BCUT2D eigenvalue weighted by Gasteiger charge is -2.12. The van der Waals surface area contributed by atoms with Crippen LogP contribution in [0.5, 0.6) is 0 Å². The molecular weight excluding hydrogens is 320 g/mol. The van der Waals surface area contributed by atoms with Gasteiger partial charge in [-0.1, -0.05) is 18.2 Å². The number of fused-ring (bicyclic) bond motifs is 1. The van der Waals surface area contributed by atoms with E-state index in [0.717, 1.165) is 10.9 Å². The van der Waals surface area contributed by atoms with E-state index < -0.39 is 5.97 Å². The summed E-state index contributed by atoms with van der Waals surface area (Å²) in [6.07, 6.45) is 0.613. The van der Waals surface area contributed by atoms with E-state index in [0.29, 0.717) is 30.4 Å². The van der Waals surface area contributed by atoms with E-state index in [1.165, 1.54) is 12.1 Å². The fraction of sp³-hybridized carbons (Fsp3) is 0.167. The summed E-state index contributed by atoms with van der Waals surface area (Å²) in [6, 6.07) is 14.1. The number of aliphatic hydroxyl groups is 1. The van der Waals surface area contributed by atoms with E-state index >= 15 is 0 Å². The summed E-state index contributed by atoms with van der Waals surface area (Å²) >= 11 is 0. The van der Waals surface area contributed by atoms with Crippen LogP contribution in [-0.2, 0) is 0 Å². The third-order valence-corrected chi connectivity index (χ3v) is 3.60. The fourth-order valence-electron chi connectivity index (χ4n) is 2.41. The van der Waals surface area contributed by atoms with Gasteiger partial charge in [0.05, 0.1) is 11.1 Å². The summed E-state index contributed by atoms with van der Waals surface area (Å²) in [5.41, 5.74) is 1.55. The summed E-state index contributed by atoms with van der Waals surface area (Å²) < 4.78 is 0. The predicted molar refractivity (Wildman–Crippen MR) is 96.4 cm³/mol. The first-order valence-electron chi connectivity index (χ1n) is 7.89. The van der Waals surface area contributed by atoms with Gasteiger partial charge in [0.2, 0.25) is 5.95 Å². The monoisotopic (exact) mass is 338 g/mol. The molecular formula is C18H18N4O3. The summed E-state index contributed by atoms with van der Waals surface area (Å²) in [5, 5.41) is 25.2. The molecule has 0 atom stereocenters. The molecule has 128 valence electrons. The largest absolute Gasteiger partial charge is 0.478 e. The van der Waals surface area contributed by atoms with Crippen molar-refractivity contribution in [3.05, 3.63) is 54.1 Å². The summed E-state index contributed by atoms with van der Waals surface area (Å²) in [7, 11) is 0. The van der Waals surface area contributed by atoms with Crippen molar-refractivity contribution in [3.8, 4) is 0 Å². The molecule has 2 aromatic carbocycles. The minimum absolute atomic E-state index is 0.100. The van der Waals surface area contributed by atoms with Crippen molar-refractivity contribution in [1.29, 1.82) is 0 Å². The number of para-hydroxylation sites is 1. The van der Waals surface area contributed by atoms with Gasteiger partial charge >= 0.3 is 5.97 Å². The number of anilines is 3. The number of aromatic carboxylic acids is 1. The first-order chi connectivity index (χ1) is 12.2. The number of nitrogens with zero attached hydrogens (tertiary/aromatic N) is 2. The summed E-state index contributed by atoms with van der Waals surface area (Å²) in [4.78, 5) is 20.0. The molecule has 7 nitrogen and oxygen atoms in total. The van der Waals surface area contributed by atoms with Gasteiger partial charge in [0.1, 0.15) is 5.82 Å². The molecule has 0 radical (unpaired) electrons. The number of carboxylic acid groups (broad SMARTS) is 1. The topological polar surface area (TPSA) is 107 Å². The number of carbonyl (C=O) groups is 1. The van der Waals surface area contributed by atoms with Crippen molar-refractivity contribution < 1.29 is 15.0 Å². The average Bonchev–Trinajstić information content (AvgIpc) is 2.62. The SMILES string of the molecule is O=C(O)c1cccc(Nc2nc(NCCCO)c3ccccc3n2)c1. The zero-order chi connectivity index (χ0) is 17.6. The van der Waals surface area contributed by atoms with Gasteiger partial charge in [-0.3, -0.25) is 0 Å². The van der Waals surface area contributed by atoms with Crippen LogP contribution in [0.25, 0.3) is 10.9 Å². The van der Waals surface area contributed by atoms with Crippen LogP contribution in [0.2, 0.25) is 0 Å². The second-order valence-corrected chi connectivity index (χ2v) is 5.43. The van der Waals surface area contributed by atoms with Crippen molar-refractivity contribution in [3.63, 3.8) is 0 Å². The minimum Gasteiger partial charge on any atom is -0.478 e. The Bertz CT molecular complexity index is 898. The lowest BCUT2D eigenvalue weighted by molar-refractivity contribution is 0.0697. The molecule has 0 bridgehead atoms. The molecule has 0 amide bonds. The van der Waals surface area contributed by atoms with Crippen LogP contribution in [0.4, 0.5) is 17.5 Å². The third-order valence-electron chi connectivity index (χ3n) is 3.60. The molecule has 3 rings (SSSR count). The van der Waals surface area contributed by atoms with E-state index in [2.05, 4.69) is 20.6 Å². The number of benzene rings is 2.